The topological polar surface area (TPSA) is 124 Å². The number of esters is 1. The standard InChI is InChI=1S/C14H15ClN2O7S/c1-16(10-4-5-25(22,23)8-10)13(18)7-24-14(19)11-3-2-9(17(20)21)6-12(11)15/h2-3,6,10H,4-5,7-8H2,1H3/t10-/m0/s1. The molecule has 9 nitrogen and oxygen atoms in total. The van der Waals surface area contributed by atoms with Crippen molar-refractivity contribution in [3.63, 3.8) is 0 Å². The van der Waals surface area contributed by atoms with Gasteiger partial charge in [0, 0.05) is 25.2 Å². The van der Waals surface area contributed by atoms with Gasteiger partial charge in [0.25, 0.3) is 11.6 Å². The minimum atomic E-state index is -3.14. The predicted octanol–water partition coefficient (Wildman–Crippen LogP) is 1.05. The third-order valence-electron chi connectivity index (χ3n) is 3.86. The molecule has 25 heavy (non-hydrogen) atoms. The summed E-state index contributed by atoms with van der Waals surface area (Å²) in [6.45, 7) is -0.584. The molecule has 0 radical (unpaired) electrons. The Labute approximate surface area is 148 Å². The molecule has 1 atom stereocenters. The van der Waals surface area contributed by atoms with E-state index in [1.807, 2.05) is 0 Å². The van der Waals surface area contributed by atoms with E-state index < -0.39 is 39.3 Å². The van der Waals surface area contributed by atoms with E-state index >= 15 is 0 Å². The van der Waals surface area contributed by atoms with Crippen LogP contribution in [0.3, 0.4) is 0 Å². The minimum absolute atomic E-state index is 0.0213. The highest BCUT2D eigenvalue weighted by atomic mass is 35.5. The second-order valence-corrected chi connectivity index (χ2v) is 8.19. The Morgan fingerprint density at radius 1 is 1.44 bits per heavy atom. The van der Waals surface area contributed by atoms with E-state index in [1.165, 1.54) is 11.9 Å². The van der Waals surface area contributed by atoms with Gasteiger partial charge in [-0.25, -0.2) is 13.2 Å². The molecular formula is C14H15ClN2O7S. The summed E-state index contributed by atoms with van der Waals surface area (Å²) in [5, 5.41) is 10.5. The van der Waals surface area contributed by atoms with Gasteiger partial charge in [-0.2, -0.15) is 0 Å². The molecule has 0 N–H and O–H groups in total. The molecule has 136 valence electrons. The summed E-state index contributed by atoms with van der Waals surface area (Å²) < 4.78 is 27.8. The quantitative estimate of drug-likeness (QED) is 0.418. The van der Waals surface area contributed by atoms with Crippen molar-refractivity contribution >= 4 is 39.0 Å². The summed E-state index contributed by atoms with van der Waals surface area (Å²) in [5.41, 5.74) is -0.383. The number of nitro groups is 1. The van der Waals surface area contributed by atoms with Crippen LogP contribution < -0.4 is 0 Å². The predicted molar refractivity (Wildman–Crippen MR) is 88.2 cm³/mol. The molecular weight excluding hydrogens is 376 g/mol. The summed E-state index contributed by atoms with van der Waals surface area (Å²) >= 11 is 5.81. The van der Waals surface area contributed by atoms with Crippen LogP contribution in [-0.4, -0.2) is 61.3 Å². The zero-order chi connectivity index (χ0) is 18.8. The second kappa shape index (κ2) is 7.36. The number of non-ortho nitro benzene ring substituents is 1. The van der Waals surface area contributed by atoms with Crippen LogP contribution in [0.25, 0.3) is 0 Å². The molecule has 2 rings (SSSR count). The fourth-order valence-electron chi connectivity index (χ4n) is 2.37. The number of carbonyl (C=O) groups excluding carboxylic acids is 2. The van der Waals surface area contributed by atoms with Crippen LogP contribution >= 0.6 is 11.6 Å². The molecule has 1 aromatic rings. The Morgan fingerprint density at radius 3 is 2.64 bits per heavy atom. The Balaban J connectivity index is 1.95. The van der Waals surface area contributed by atoms with E-state index in [2.05, 4.69) is 0 Å². The lowest BCUT2D eigenvalue weighted by atomic mass is 10.2. The number of halogens is 1. The van der Waals surface area contributed by atoms with E-state index in [0.29, 0.717) is 6.42 Å². The lowest BCUT2D eigenvalue weighted by Crippen LogP contribution is -2.40. The number of carbonyl (C=O) groups is 2. The van der Waals surface area contributed by atoms with Crippen LogP contribution in [0.15, 0.2) is 18.2 Å². The smallest absolute Gasteiger partial charge is 0.340 e. The van der Waals surface area contributed by atoms with Crippen molar-refractivity contribution in [3.8, 4) is 0 Å². The molecule has 1 aliphatic heterocycles. The highest BCUT2D eigenvalue weighted by Crippen LogP contribution is 2.23. The van der Waals surface area contributed by atoms with Crippen molar-refractivity contribution < 1.29 is 27.7 Å². The highest BCUT2D eigenvalue weighted by molar-refractivity contribution is 7.91. The van der Waals surface area contributed by atoms with Gasteiger partial charge < -0.3 is 9.64 Å². The molecule has 0 aromatic heterocycles. The Kier molecular flexibility index (Phi) is 5.63. The molecule has 1 aromatic carbocycles. The summed E-state index contributed by atoms with van der Waals surface area (Å²) in [7, 11) is -1.69. The molecule has 1 heterocycles. The lowest BCUT2D eigenvalue weighted by Gasteiger charge is -2.23. The van der Waals surface area contributed by atoms with Gasteiger partial charge in [-0.15, -0.1) is 0 Å². The van der Waals surface area contributed by atoms with Gasteiger partial charge >= 0.3 is 5.97 Å². The zero-order valence-corrected chi connectivity index (χ0v) is 14.7. The van der Waals surface area contributed by atoms with Crippen molar-refractivity contribution in [3.05, 3.63) is 38.9 Å². The van der Waals surface area contributed by atoms with Crippen molar-refractivity contribution in [1.29, 1.82) is 0 Å². The van der Waals surface area contributed by atoms with Crippen molar-refractivity contribution in [2.75, 3.05) is 25.2 Å². The number of likely N-dealkylation sites (N-methyl/N-ethyl adjacent to an activating group) is 1. The molecule has 1 saturated heterocycles. The van der Waals surface area contributed by atoms with Gasteiger partial charge in [0.15, 0.2) is 16.4 Å². The summed E-state index contributed by atoms with van der Waals surface area (Å²) in [6, 6.07) is 2.80. The van der Waals surface area contributed by atoms with Crippen molar-refractivity contribution in [2.24, 2.45) is 0 Å². The van der Waals surface area contributed by atoms with Gasteiger partial charge in [0.1, 0.15) is 0 Å². The SMILES string of the molecule is CN(C(=O)COC(=O)c1ccc([N+](=O)[O-])cc1Cl)[C@H]1CCS(=O)(=O)C1. The number of sulfone groups is 1. The monoisotopic (exact) mass is 390 g/mol. The molecule has 0 unspecified atom stereocenters. The van der Waals surface area contributed by atoms with Gasteiger partial charge in [0.05, 0.1) is 27.0 Å². The maximum absolute atomic E-state index is 12.0. The number of nitro benzene ring substituents is 1. The normalized spacial score (nSPS) is 18.6. The molecule has 1 amide bonds. The van der Waals surface area contributed by atoms with Crippen LogP contribution in [0.1, 0.15) is 16.8 Å². The fourth-order valence-corrected chi connectivity index (χ4v) is 4.40. The molecule has 1 fully saturated rings. The van der Waals surface area contributed by atoms with Crippen molar-refractivity contribution in [2.45, 2.75) is 12.5 Å². The molecule has 0 bridgehead atoms. The third kappa shape index (κ3) is 4.67. The summed E-state index contributed by atoms with van der Waals surface area (Å²) in [6.07, 6.45) is 0.340. The Hall–Kier alpha value is -2.20. The van der Waals surface area contributed by atoms with Crippen molar-refractivity contribution in [1.82, 2.24) is 4.90 Å². The molecule has 1 aliphatic rings. The van der Waals surface area contributed by atoms with E-state index in [0.717, 1.165) is 18.2 Å². The second-order valence-electron chi connectivity index (χ2n) is 5.56. The first-order valence-electron chi connectivity index (χ1n) is 7.18. The average Bonchev–Trinajstić information content (AvgIpc) is 2.91. The van der Waals surface area contributed by atoms with Crippen LogP contribution in [-0.2, 0) is 19.4 Å². The largest absolute Gasteiger partial charge is 0.452 e. The van der Waals surface area contributed by atoms with Gasteiger partial charge in [-0.05, 0) is 12.5 Å². The highest BCUT2D eigenvalue weighted by Gasteiger charge is 2.33. The third-order valence-corrected chi connectivity index (χ3v) is 5.92. The van der Waals surface area contributed by atoms with E-state index in [-0.39, 0.29) is 27.8 Å². The zero-order valence-electron chi connectivity index (χ0n) is 13.2. The van der Waals surface area contributed by atoms with Gasteiger partial charge in [0.2, 0.25) is 0 Å². The molecule has 11 heteroatoms. The average molecular weight is 391 g/mol. The first-order chi connectivity index (χ1) is 11.6. The fraction of sp³-hybridized carbons (Fsp3) is 0.429. The molecule has 0 spiro atoms. The number of amides is 1. The maximum atomic E-state index is 12.0. The van der Waals surface area contributed by atoms with E-state index in [4.69, 9.17) is 16.3 Å². The summed E-state index contributed by atoms with van der Waals surface area (Å²) in [4.78, 5) is 35.2. The number of rotatable bonds is 5. The first-order valence-corrected chi connectivity index (χ1v) is 9.38. The number of hydrogen-bond donors (Lipinski definition) is 0. The number of ether oxygens (including phenoxy) is 1. The van der Waals surface area contributed by atoms with Crippen LogP contribution in [0.2, 0.25) is 5.02 Å². The van der Waals surface area contributed by atoms with Gasteiger partial charge in [-0.1, -0.05) is 11.6 Å². The van der Waals surface area contributed by atoms with E-state index in [1.54, 1.807) is 0 Å². The number of benzene rings is 1. The van der Waals surface area contributed by atoms with Crippen LogP contribution in [0.4, 0.5) is 5.69 Å². The first kappa shape index (κ1) is 19.1. The van der Waals surface area contributed by atoms with Crippen LogP contribution in [0, 0.1) is 10.1 Å². The Morgan fingerprint density at radius 2 is 2.12 bits per heavy atom. The van der Waals surface area contributed by atoms with E-state index in [9.17, 15) is 28.1 Å². The summed E-state index contributed by atoms with van der Waals surface area (Å²) in [5.74, 6) is -1.54. The minimum Gasteiger partial charge on any atom is -0.452 e. The van der Waals surface area contributed by atoms with Crippen LogP contribution in [0.5, 0.6) is 0 Å². The molecule has 0 aliphatic carbocycles. The maximum Gasteiger partial charge on any atom is 0.340 e. The Bertz CT molecular complexity index is 824. The lowest BCUT2D eigenvalue weighted by molar-refractivity contribution is -0.384. The number of hydrogen-bond acceptors (Lipinski definition) is 7. The van der Waals surface area contributed by atoms with Gasteiger partial charge in [-0.3, -0.25) is 14.9 Å². The number of nitrogens with zero attached hydrogens (tertiary/aromatic N) is 2. The molecule has 0 saturated carbocycles.